The standard InChI is InChI=1S/2C20H25NO5.C13H18O6/c2*1-19(18-17(24-2)14(22)8-9-20(18)12-25-20)15(26-19)10-16(23)21-11-13-6-4-3-5-7-13;1-12(8(19-12)5-9(15)16)11-10(17-2)7(14)3-4-13(11)6-18-13/h2*3-7,15,17-18H,8-12H2,1-2H3,(H,21,23);8,10-11H,3-6H2,1-2H3,(H,15,16)/t2*15-,17-,18-,19+,20+;8-,10-,11-,12+,13+/m111/s1. The molecule has 71 heavy (non-hydrogen) atoms. The number of carboxylic acids is 1. The van der Waals surface area contributed by atoms with Gasteiger partial charge in [0.1, 0.15) is 51.9 Å². The molecule has 6 saturated heterocycles. The van der Waals surface area contributed by atoms with Gasteiger partial charge in [0.2, 0.25) is 11.8 Å². The molecule has 18 nitrogen and oxygen atoms in total. The number of nitrogens with one attached hydrogen (secondary N) is 2. The minimum Gasteiger partial charge on any atom is -0.481 e. The van der Waals surface area contributed by atoms with E-state index in [1.54, 1.807) is 14.2 Å². The number of hydrogen-bond acceptors (Lipinski definition) is 15. The number of benzene rings is 2. The van der Waals surface area contributed by atoms with Gasteiger partial charge in [-0.05, 0) is 51.2 Å². The Balaban J connectivity index is 0.000000134. The first-order valence-electron chi connectivity index (χ1n) is 24.8. The topological polar surface area (TPSA) is 250 Å². The number of carbonyl (C=O) groups excluding carboxylic acids is 5. The van der Waals surface area contributed by atoms with Crippen molar-refractivity contribution in [1.29, 1.82) is 0 Å². The molecule has 3 aliphatic carbocycles. The zero-order chi connectivity index (χ0) is 50.6. The molecule has 6 heterocycles. The molecule has 11 rings (SSSR count). The fraction of sp³-hybridized carbons (Fsp3) is 0.660. The van der Waals surface area contributed by atoms with Crippen LogP contribution in [0, 0.1) is 17.8 Å². The van der Waals surface area contributed by atoms with Crippen LogP contribution >= 0.6 is 0 Å². The van der Waals surface area contributed by atoms with Crippen LogP contribution in [0.4, 0.5) is 0 Å². The number of carboxylic acid groups (broad SMARTS) is 1. The van der Waals surface area contributed by atoms with Crippen LogP contribution < -0.4 is 10.6 Å². The lowest BCUT2D eigenvalue weighted by atomic mass is 9.69. The summed E-state index contributed by atoms with van der Waals surface area (Å²) in [6, 6.07) is 19.6. The first kappa shape index (κ1) is 51.4. The molecule has 3 saturated carbocycles. The Morgan fingerprint density at radius 2 is 0.831 bits per heavy atom. The van der Waals surface area contributed by atoms with E-state index in [-0.39, 0.29) is 101 Å². The van der Waals surface area contributed by atoms with E-state index in [9.17, 15) is 28.8 Å². The van der Waals surface area contributed by atoms with Gasteiger partial charge in [0.15, 0.2) is 17.3 Å². The Bertz CT molecular complexity index is 2220. The lowest BCUT2D eigenvalue weighted by Gasteiger charge is -2.37. The molecule has 9 aliphatic rings. The fourth-order valence-corrected chi connectivity index (χ4v) is 12.4. The van der Waals surface area contributed by atoms with Gasteiger partial charge in [-0.2, -0.15) is 0 Å². The Morgan fingerprint density at radius 1 is 0.535 bits per heavy atom. The monoisotopic (exact) mass is 988 g/mol. The van der Waals surface area contributed by atoms with Crippen LogP contribution in [0.15, 0.2) is 60.7 Å². The van der Waals surface area contributed by atoms with Crippen LogP contribution in [-0.4, -0.2) is 152 Å². The highest BCUT2D eigenvalue weighted by atomic mass is 16.6. The number of aliphatic carboxylic acids is 1. The summed E-state index contributed by atoms with van der Waals surface area (Å²) in [6.07, 6.45) is 1.63. The molecule has 6 aliphatic heterocycles. The van der Waals surface area contributed by atoms with E-state index in [0.717, 1.165) is 11.1 Å². The van der Waals surface area contributed by atoms with Crippen LogP contribution in [0.1, 0.15) is 89.7 Å². The van der Waals surface area contributed by atoms with Gasteiger partial charge in [-0.1, -0.05) is 60.7 Å². The maximum atomic E-state index is 12.3. The minimum absolute atomic E-state index is 0.0479. The fourth-order valence-electron chi connectivity index (χ4n) is 12.4. The second kappa shape index (κ2) is 19.7. The summed E-state index contributed by atoms with van der Waals surface area (Å²) >= 11 is 0. The van der Waals surface area contributed by atoms with Crippen molar-refractivity contribution in [3.05, 3.63) is 71.8 Å². The molecule has 0 radical (unpaired) electrons. The van der Waals surface area contributed by atoms with Crippen LogP contribution in [0.3, 0.4) is 0 Å². The van der Waals surface area contributed by atoms with E-state index in [1.165, 1.54) is 7.11 Å². The molecular formula is C53H68N2O16. The van der Waals surface area contributed by atoms with E-state index in [2.05, 4.69) is 10.6 Å². The smallest absolute Gasteiger partial charge is 0.306 e. The second-order valence-corrected chi connectivity index (χ2v) is 21.3. The number of amides is 2. The zero-order valence-corrected chi connectivity index (χ0v) is 41.4. The normalized spacial score (nSPS) is 40.9. The van der Waals surface area contributed by atoms with Crippen molar-refractivity contribution in [2.24, 2.45) is 17.8 Å². The van der Waals surface area contributed by atoms with Crippen LogP contribution in [0.25, 0.3) is 0 Å². The lowest BCUT2D eigenvalue weighted by molar-refractivity contribution is -0.142. The molecule has 0 aromatic heterocycles. The van der Waals surface area contributed by atoms with Crippen molar-refractivity contribution < 1.29 is 76.5 Å². The number of ketones is 3. The quantitative estimate of drug-likeness (QED) is 0.203. The number of methoxy groups -OCH3 is 3. The van der Waals surface area contributed by atoms with Crippen LogP contribution in [-0.2, 0) is 84.5 Å². The number of epoxide rings is 6. The Labute approximate surface area is 413 Å². The lowest BCUT2D eigenvalue weighted by Crippen LogP contribution is -2.53. The highest BCUT2D eigenvalue weighted by molar-refractivity contribution is 5.87. The second-order valence-electron chi connectivity index (χ2n) is 21.3. The molecule has 18 heteroatoms. The van der Waals surface area contributed by atoms with Gasteiger partial charge in [-0.15, -0.1) is 0 Å². The summed E-state index contributed by atoms with van der Waals surface area (Å²) in [4.78, 5) is 72.0. The molecule has 9 fully saturated rings. The van der Waals surface area contributed by atoms with Crippen molar-refractivity contribution in [2.45, 2.75) is 162 Å². The summed E-state index contributed by atoms with van der Waals surface area (Å²) in [7, 11) is 4.63. The van der Waals surface area contributed by atoms with Gasteiger partial charge in [0, 0.05) is 53.7 Å². The SMILES string of the molecule is CO[C@@H]1C(=O)CC[C@]2(CO2)[C@H]1[C@@]1(C)O[C@@H]1CC(=O)NCc1ccccc1.CO[C@@H]1C(=O)CC[C@]2(CO2)[C@H]1[C@@]1(C)O[C@@H]1CC(=O)NCc1ccccc1.CO[C@@H]1C(=O)CC[C@]2(CO2)[C@H]1[C@@]1(C)O[C@@H]1CC(=O)O. The third kappa shape index (κ3) is 10.4. The number of rotatable bonds is 16. The van der Waals surface area contributed by atoms with E-state index in [4.69, 9.17) is 47.7 Å². The predicted octanol–water partition coefficient (Wildman–Crippen LogP) is 3.61. The third-order valence-electron chi connectivity index (χ3n) is 16.8. The van der Waals surface area contributed by atoms with E-state index in [1.807, 2.05) is 81.4 Å². The van der Waals surface area contributed by atoms with Gasteiger partial charge < -0.3 is 58.4 Å². The predicted molar refractivity (Wildman–Crippen MR) is 250 cm³/mol. The number of Topliss-reactive ketones (excluding diaryl/α,β-unsaturated/α-hetero) is 3. The Hall–Kier alpha value is -4.50. The highest BCUT2D eigenvalue weighted by Gasteiger charge is 2.75. The first-order valence-corrected chi connectivity index (χ1v) is 24.8. The Morgan fingerprint density at radius 3 is 1.10 bits per heavy atom. The van der Waals surface area contributed by atoms with Gasteiger partial charge in [-0.3, -0.25) is 28.8 Å². The van der Waals surface area contributed by atoms with Crippen molar-refractivity contribution in [2.75, 3.05) is 41.2 Å². The number of ether oxygens (including phenoxy) is 9. The molecule has 3 N–H and O–H groups in total. The average molecular weight is 989 g/mol. The molecule has 386 valence electrons. The number of hydrogen-bond donors (Lipinski definition) is 3. The van der Waals surface area contributed by atoms with Crippen molar-refractivity contribution >= 4 is 35.1 Å². The van der Waals surface area contributed by atoms with Gasteiger partial charge in [0.05, 0.1) is 75.1 Å². The van der Waals surface area contributed by atoms with Gasteiger partial charge >= 0.3 is 5.97 Å². The molecule has 2 aromatic rings. The molecule has 3 spiro atoms. The average Bonchev–Trinajstić information content (AvgIpc) is 4.05. The van der Waals surface area contributed by atoms with E-state index < -0.39 is 41.1 Å². The first-order chi connectivity index (χ1) is 33.9. The summed E-state index contributed by atoms with van der Waals surface area (Å²) in [5.74, 6) is -1.27. The third-order valence-corrected chi connectivity index (χ3v) is 16.8. The molecule has 2 aromatic carbocycles. The minimum atomic E-state index is -0.893. The number of carbonyl (C=O) groups is 6. The Kier molecular flexibility index (Phi) is 14.3. The molecule has 2 amide bonds. The largest absolute Gasteiger partial charge is 0.481 e. The van der Waals surface area contributed by atoms with E-state index in [0.29, 0.717) is 71.4 Å². The van der Waals surface area contributed by atoms with Gasteiger partial charge in [-0.25, -0.2) is 0 Å². The zero-order valence-electron chi connectivity index (χ0n) is 41.4. The summed E-state index contributed by atoms with van der Waals surface area (Å²) in [5.41, 5.74) is -0.625. The van der Waals surface area contributed by atoms with Crippen LogP contribution in [0.2, 0.25) is 0 Å². The highest BCUT2D eigenvalue weighted by Crippen LogP contribution is 2.61. The summed E-state index contributed by atoms with van der Waals surface area (Å²) in [6.45, 7) is 8.68. The maximum Gasteiger partial charge on any atom is 0.306 e. The molecule has 0 unspecified atom stereocenters. The van der Waals surface area contributed by atoms with Crippen molar-refractivity contribution in [3.63, 3.8) is 0 Å². The summed E-state index contributed by atoms with van der Waals surface area (Å²) in [5, 5.41) is 14.7. The van der Waals surface area contributed by atoms with Crippen molar-refractivity contribution in [1.82, 2.24) is 10.6 Å². The molecule has 0 bridgehead atoms. The maximum absolute atomic E-state index is 12.3. The van der Waals surface area contributed by atoms with E-state index >= 15 is 0 Å². The van der Waals surface area contributed by atoms with Gasteiger partial charge in [0.25, 0.3) is 0 Å². The molecule has 15 atom stereocenters. The van der Waals surface area contributed by atoms with Crippen molar-refractivity contribution in [3.8, 4) is 0 Å². The molecular weight excluding hydrogens is 921 g/mol. The van der Waals surface area contributed by atoms with Crippen LogP contribution in [0.5, 0.6) is 0 Å². The summed E-state index contributed by atoms with van der Waals surface area (Å²) < 4.78 is 51.0.